The topological polar surface area (TPSA) is 64.6 Å². The van der Waals surface area contributed by atoms with Gasteiger partial charge in [-0.1, -0.05) is 99.6 Å². The molecule has 8 heteroatoms. The van der Waals surface area contributed by atoms with E-state index in [1.165, 1.54) is 10.4 Å². The molecule has 0 aliphatic rings. The first-order valence-corrected chi connectivity index (χ1v) is 17.1. The van der Waals surface area contributed by atoms with Crippen molar-refractivity contribution < 1.29 is 32.8 Å². The lowest BCUT2D eigenvalue weighted by atomic mass is 10.0. The van der Waals surface area contributed by atoms with Crippen molar-refractivity contribution in [3.63, 3.8) is 0 Å². The van der Waals surface area contributed by atoms with E-state index >= 15 is 0 Å². The second kappa shape index (κ2) is 18.9. The van der Waals surface area contributed by atoms with Gasteiger partial charge in [-0.25, -0.2) is 0 Å². The highest BCUT2D eigenvalue weighted by molar-refractivity contribution is 6.99. The van der Waals surface area contributed by atoms with Crippen LogP contribution in [0.4, 0.5) is 0 Å². The van der Waals surface area contributed by atoms with E-state index in [-0.39, 0.29) is 30.6 Å². The van der Waals surface area contributed by atoms with Crippen LogP contribution in [0.2, 0.25) is 5.04 Å². The quantitative estimate of drug-likeness (QED) is 0.0629. The van der Waals surface area contributed by atoms with Crippen molar-refractivity contribution in [2.24, 2.45) is 5.92 Å². The van der Waals surface area contributed by atoms with Crippen molar-refractivity contribution in [1.82, 2.24) is 0 Å². The van der Waals surface area contributed by atoms with Crippen LogP contribution in [0.3, 0.4) is 0 Å². The molecule has 44 heavy (non-hydrogen) atoms. The lowest BCUT2D eigenvalue weighted by Crippen LogP contribution is -2.67. The van der Waals surface area contributed by atoms with Crippen LogP contribution < -0.4 is 15.1 Å². The molecule has 7 nitrogen and oxygen atoms in total. The predicted octanol–water partition coefficient (Wildman–Crippen LogP) is 5.96. The number of ether oxygens (including phenoxy) is 6. The fourth-order valence-corrected chi connectivity index (χ4v) is 9.91. The summed E-state index contributed by atoms with van der Waals surface area (Å²) in [6, 6.07) is 29.1. The largest absolute Gasteiger partial charge is 0.497 e. The van der Waals surface area contributed by atoms with E-state index in [0.29, 0.717) is 39.5 Å². The first-order chi connectivity index (χ1) is 21.4. The highest BCUT2D eigenvalue weighted by Gasteiger charge is 2.50. The monoisotopic (exact) mass is 622 g/mol. The number of methoxy groups -OCH3 is 2. The number of hydrogen-bond donors (Lipinski definition) is 0. The minimum absolute atomic E-state index is 0.106. The summed E-state index contributed by atoms with van der Waals surface area (Å²) < 4.78 is 41.5. The van der Waals surface area contributed by atoms with Crippen molar-refractivity contribution in [2.75, 3.05) is 54.2 Å². The Hall–Kier alpha value is -2.82. The molecule has 0 bridgehead atoms. The summed E-state index contributed by atoms with van der Waals surface area (Å²) in [6.45, 7) is 13.3. The highest BCUT2D eigenvalue weighted by atomic mass is 28.4. The summed E-state index contributed by atoms with van der Waals surface area (Å²) in [5, 5.41) is 2.30. The smallest absolute Gasteiger partial charge is 0.261 e. The van der Waals surface area contributed by atoms with Crippen molar-refractivity contribution >= 4 is 18.7 Å². The number of hydrogen-bond acceptors (Lipinski definition) is 7. The fourth-order valence-electron chi connectivity index (χ4n) is 5.29. The molecule has 0 N–H and O–H groups in total. The summed E-state index contributed by atoms with van der Waals surface area (Å²) in [4.78, 5) is 0. The van der Waals surface area contributed by atoms with Gasteiger partial charge in [0.05, 0.1) is 39.6 Å². The molecule has 0 unspecified atom stereocenters. The van der Waals surface area contributed by atoms with Gasteiger partial charge in [-0.2, -0.15) is 0 Å². The van der Waals surface area contributed by atoms with Crippen LogP contribution in [0.25, 0.3) is 0 Å². The fraction of sp³-hybridized carbons (Fsp3) is 0.444. The SMILES string of the molecule is C=CC[C@@H](OCOCCOC)[C@@H](COCOCc1ccc(OC)cc1)CO[Si](c1ccccc1)(c1ccccc1)C(C)(C)C. The lowest BCUT2D eigenvalue weighted by molar-refractivity contribution is -0.137. The maximum atomic E-state index is 7.28. The Labute approximate surface area is 265 Å². The lowest BCUT2D eigenvalue weighted by Gasteiger charge is -2.44. The van der Waals surface area contributed by atoms with Gasteiger partial charge in [-0.3, -0.25) is 0 Å². The Balaban J connectivity index is 1.80. The molecule has 0 saturated heterocycles. The Kier molecular flexibility index (Phi) is 15.3. The molecule has 0 saturated carbocycles. The molecule has 0 radical (unpaired) electrons. The molecule has 0 fully saturated rings. The molecule has 0 spiro atoms. The van der Waals surface area contributed by atoms with Gasteiger partial charge >= 0.3 is 0 Å². The molecule has 3 rings (SSSR count). The zero-order valence-electron chi connectivity index (χ0n) is 27.0. The van der Waals surface area contributed by atoms with Gasteiger partial charge in [-0.15, -0.1) is 6.58 Å². The van der Waals surface area contributed by atoms with E-state index in [1.807, 2.05) is 30.3 Å². The van der Waals surface area contributed by atoms with Crippen LogP contribution in [0.1, 0.15) is 32.8 Å². The number of rotatable bonds is 21. The van der Waals surface area contributed by atoms with E-state index < -0.39 is 8.32 Å². The standard InChI is InChI=1S/C36H50O7Si/c1-7-14-35(42-29-39-24-23-37-5)31(26-41-28-40-25-30-19-21-32(38-6)22-20-30)27-43-44(36(2,3)4,33-15-10-8-11-16-33)34-17-12-9-13-18-34/h7-13,15-22,31,35H,1,14,23-29H2,2-6H3/t31-,35+/m0/s1. The summed E-state index contributed by atoms with van der Waals surface area (Å²) in [7, 11) is 0.542. The molecular weight excluding hydrogens is 572 g/mol. The molecule has 0 amide bonds. The normalized spacial score (nSPS) is 13.4. The zero-order valence-corrected chi connectivity index (χ0v) is 28.0. The van der Waals surface area contributed by atoms with Gasteiger partial charge in [0.15, 0.2) is 0 Å². The molecule has 240 valence electrons. The van der Waals surface area contributed by atoms with Crippen LogP contribution in [0.15, 0.2) is 97.6 Å². The van der Waals surface area contributed by atoms with E-state index in [4.69, 9.17) is 32.8 Å². The van der Waals surface area contributed by atoms with Crippen molar-refractivity contribution in [3.8, 4) is 5.75 Å². The molecule has 0 aromatic heterocycles. The third-order valence-corrected chi connectivity index (χ3v) is 12.6. The Morgan fingerprint density at radius 1 is 0.750 bits per heavy atom. The van der Waals surface area contributed by atoms with Gasteiger partial charge in [0.1, 0.15) is 19.3 Å². The maximum Gasteiger partial charge on any atom is 0.261 e. The summed E-state index contributed by atoms with van der Waals surface area (Å²) >= 11 is 0. The molecular formula is C36H50O7Si. The third-order valence-electron chi connectivity index (χ3n) is 7.58. The van der Waals surface area contributed by atoms with Gasteiger partial charge < -0.3 is 32.8 Å². The average molecular weight is 623 g/mol. The first-order valence-electron chi connectivity index (χ1n) is 15.2. The first kappa shape index (κ1) is 35.7. The Morgan fingerprint density at radius 2 is 1.39 bits per heavy atom. The summed E-state index contributed by atoms with van der Waals surface area (Å²) in [5.74, 6) is 0.707. The van der Waals surface area contributed by atoms with Crippen molar-refractivity contribution in [1.29, 1.82) is 0 Å². The molecule has 0 heterocycles. The van der Waals surface area contributed by atoms with Crippen LogP contribution >= 0.6 is 0 Å². The maximum absolute atomic E-state index is 7.28. The van der Waals surface area contributed by atoms with Crippen LogP contribution in [0.5, 0.6) is 5.75 Å². The van der Waals surface area contributed by atoms with Gasteiger partial charge in [-0.05, 0) is 39.5 Å². The average Bonchev–Trinajstić information content (AvgIpc) is 3.04. The molecule has 0 aliphatic heterocycles. The van der Waals surface area contributed by atoms with Crippen LogP contribution in [-0.4, -0.2) is 68.7 Å². The van der Waals surface area contributed by atoms with Crippen molar-refractivity contribution in [3.05, 3.63) is 103 Å². The molecule has 3 aromatic rings. The van der Waals surface area contributed by atoms with E-state index in [0.717, 1.165) is 11.3 Å². The third kappa shape index (κ3) is 10.4. The van der Waals surface area contributed by atoms with Crippen LogP contribution in [-0.2, 0) is 34.7 Å². The molecule has 0 aliphatic carbocycles. The Bertz CT molecular complexity index is 1140. The second-order valence-corrected chi connectivity index (χ2v) is 16.0. The minimum Gasteiger partial charge on any atom is -0.497 e. The van der Waals surface area contributed by atoms with Gasteiger partial charge in [0, 0.05) is 19.6 Å². The summed E-state index contributed by atoms with van der Waals surface area (Å²) in [5.41, 5.74) is 1.04. The van der Waals surface area contributed by atoms with Gasteiger partial charge in [0.25, 0.3) is 8.32 Å². The van der Waals surface area contributed by atoms with Crippen LogP contribution in [0, 0.1) is 5.92 Å². The highest BCUT2D eigenvalue weighted by Crippen LogP contribution is 2.37. The van der Waals surface area contributed by atoms with E-state index in [9.17, 15) is 0 Å². The van der Waals surface area contributed by atoms with E-state index in [2.05, 4.69) is 88.0 Å². The summed E-state index contributed by atoms with van der Waals surface area (Å²) in [6.07, 6.45) is 2.27. The predicted molar refractivity (Wildman–Crippen MR) is 178 cm³/mol. The molecule has 3 aromatic carbocycles. The zero-order chi connectivity index (χ0) is 31.7. The minimum atomic E-state index is -2.76. The second-order valence-electron chi connectivity index (χ2n) is 11.7. The Morgan fingerprint density at radius 3 is 1.93 bits per heavy atom. The molecule has 2 atom stereocenters. The van der Waals surface area contributed by atoms with E-state index in [1.54, 1.807) is 14.2 Å². The van der Waals surface area contributed by atoms with Crippen molar-refractivity contribution in [2.45, 2.75) is 44.9 Å². The number of benzene rings is 3. The van der Waals surface area contributed by atoms with Gasteiger partial charge in [0.2, 0.25) is 0 Å².